The maximum Gasteiger partial charge on any atom is 0.285 e. The lowest BCUT2D eigenvalue weighted by molar-refractivity contribution is 0.0683. The second kappa shape index (κ2) is 5.55. The van der Waals surface area contributed by atoms with Crippen LogP contribution in [0.5, 0.6) is 0 Å². The normalized spacial score (nSPS) is 21.6. The van der Waals surface area contributed by atoms with Gasteiger partial charge in [0.2, 0.25) is 0 Å². The van der Waals surface area contributed by atoms with Gasteiger partial charge in [0.1, 0.15) is 10.7 Å². The predicted molar refractivity (Wildman–Crippen MR) is 85.5 cm³/mol. The summed E-state index contributed by atoms with van der Waals surface area (Å²) in [4.78, 5) is 2.27. The van der Waals surface area contributed by atoms with Crippen molar-refractivity contribution in [3.8, 4) is 0 Å². The molecule has 0 N–H and O–H groups in total. The van der Waals surface area contributed by atoms with Crippen LogP contribution in [0.2, 0.25) is 0 Å². The molecular weight excluding hydrogens is 356 g/mol. The van der Waals surface area contributed by atoms with Crippen molar-refractivity contribution in [1.82, 2.24) is 4.90 Å². The van der Waals surface area contributed by atoms with Crippen molar-refractivity contribution in [3.05, 3.63) is 39.9 Å². The summed E-state index contributed by atoms with van der Waals surface area (Å²) in [7, 11) is -3.64. The van der Waals surface area contributed by atoms with E-state index in [0.29, 0.717) is 48.2 Å². The Labute approximate surface area is 132 Å². The van der Waals surface area contributed by atoms with Crippen LogP contribution >= 0.6 is 15.9 Å². The van der Waals surface area contributed by atoms with Crippen LogP contribution in [0.4, 0.5) is 0 Å². The van der Waals surface area contributed by atoms with Crippen molar-refractivity contribution in [3.63, 3.8) is 0 Å². The number of sulfonamides is 1. The Kier molecular flexibility index (Phi) is 3.90. The third-order valence-electron chi connectivity index (χ3n) is 3.54. The minimum Gasteiger partial charge on any atom is -0.378 e. The molecule has 2 aliphatic rings. The lowest BCUT2D eigenvalue weighted by Crippen LogP contribution is -2.40. The number of benzene rings is 1. The predicted octanol–water partition coefficient (Wildman–Crippen LogP) is 2.25. The van der Waals surface area contributed by atoms with Crippen LogP contribution in [0.25, 0.3) is 4.91 Å². The van der Waals surface area contributed by atoms with E-state index in [1.807, 2.05) is 24.0 Å². The second-order valence-corrected chi connectivity index (χ2v) is 7.41. The van der Waals surface area contributed by atoms with Gasteiger partial charge in [-0.15, -0.1) is 4.40 Å². The molecule has 0 aromatic heterocycles. The summed E-state index contributed by atoms with van der Waals surface area (Å²) in [6.07, 6.45) is 0. The third-order valence-corrected chi connectivity index (χ3v) is 5.50. The number of morpholine rings is 1. The van der Waals surface area contributed by atoms with Gasteiger partial charge in [0, 0.05) is 23.1 Å². The molecule has 7 heteroatoms. The Morgan fingerprint density at radius 3 is 2.67 bits per heavy atom. The summed E-state index contributed by atoms with van der Waals surface area (Å²) < 4.78 is 35.0. The highest BCUT2D eigenvalue weighted by molar-refractivity contribution is 9.10. The highest BCUT2D eigenvalue weighted by Crippen LogP contribution is 2.34. The molecule has 0 radical (unpaired) electrons. The van der Waals surface area contributed by atoms with Crippen molar-refractivity contribution >= 4 is 36.7 Å². The number of amidine groups is 1. The van der Waals surface area contributed by atoms with E-state index in [1.54, 1.807) is 12.1 Å². The van der Waals surface area contributed by atoms with Gasteiger partial charge >= 0.3 is 0 Å². The van der Waals surface area contributed by atoms with Crippen LogP contribution in [-0.4, -0.2) is 45.5 Å². The number of hydrogen-bond acceptors (Lipinski definition) is 4. The highest BCUT2D eigenvalue weighted by atomic mass is 79.9. The molecule has 0 bridgehead atoms. The average Bonchev–Trinajstić information content (AvgIpc) is 2.69. The number of nitrogens with zero attached hydrogens (tertiary/aromatic N) is 2. The number of rotatable bonds is 1. The molecular formula is C14H15BrN2O3S. The van der Waals surface area contributed by atoms with E-state index in [0.717, 1.165) is 4.47 Å². The Morgan fingerprint density at radius 2 is 2.00 bits per heavy atom. The van der Waals surface area contributed by atoms with Crippen molar-refractivity contribution in [2.45, 2.75) is 6.92 Å². The minimum absolute atomic E-state index is 0.297. The molecule has 1 aromatic rings. The lowest BCUT2D eigenvalue weighted by Gasteiger charge is -2.28. The number of ether oxygens (including phenoxy) is 1. The molecule has 3 rings (SSSR count). The molecule has 1 saturated heterocycles. The van der Waals surface area contributed by atoms with Crippen molar-refractivity contribution in [1.29, 1.82) is 0 Å². The van der Waals surface area contributed by atoms with E-state index < -0.39 is 10.0 Å². The molecule has 0 spiro atoms. The van der Waals surface area contributed by atoms with Gasteiger partial charge in [-0.2, -0.15) is 8.42 Å². The summed E-state index contributed by atoms with van der Waals surface area (Å²) in [6, 6.07) is 7.28. The topological polar surface area (TPSA) is 59.0 Å². The largest absolute Gasteiger partial charge is 0.378 e. The first-order valence-electron chi connectivity index (χ1n) is 6.64. The Hall–Kier alpha value is -1.18. The molecule has 21 heavy (non-hydrogen) atoms. The van der Waals surface area contributed by atoms with Gasteiger partial charge < -0.3 is 9.64 Å². The van der Waals surface area contributed by atoms with Crippen LogP contribution in [-0.2, 0) is 14.8 Å². The van der Waals surface area contributed by atoms with E-state index in [9.17, 15) is 8.42 Å². The molecule has 1 aromatic carbocycles. The monoisotopic (exact) mass is 370 g/mol. The maximum atomic E-state index is 12.4. The van der Waals surface area contributed by atoms with Gasteiger partial charge in [-0.3, -0.25) is 0 Å². The molecule has 5 nitrogen and oxygen atoms in total. The summed E-state index contributed by atoms with van der Waals surface area (Å²) in [6.45, 7) is 4.33. The Bertz CT molecular complexity index is 734. The van der Waals surface area contributed by atoms with E-state index >= 15 is 0 Å². The van der Waals surface area contributed by atoms with Crippen LogP contribution in [0, 0.1) is 0 Å². The quantitative estimate of drug-likeness (QED) is 0.760. The van der Waals surface area contributed by atoms with Crippen molar-refractivity contribution < 1.29 is 13.2 Å². The summed E-state index contributed by atoms with van der Waals surface area (Å²) in [5, 5.41) is 0. The Balaban J connectivity index is 2.06. The summed E-state index contributed by atoms with van der Waals surface area (Å²) in [5.41, 5.74) is 1.36. The fourth-order valence-corrected chi connectivity index (χ4v) is 4.46. The van der Waals surface area contributed by atoms with Crippen LogP contribution in [0.15, 0.2) is 38.7 Å². The molecule has 0 unspecified atom stereocenters. The zero-order chi connectivity index (χ0) is 15.0. The zero-order valence-electron chi connectivity index (χ0n) is 11.5. The van der Waals surface area contributed by atoms with E-state index in [1.165, 1.54) is 0 Å². The van der Waals surface area contributed by atoms with Crippen LogP contribution in [0.3, 0.4) is 0 Å². The number of hydrogen-bond donors (Lipinski definition) is 0. The zero-order valence-corrected chi connectivity index (χ0v) is 13.9. The van der Waals surface area contributed by atoms with Gasteiger partial charge in [-0.05, 0) is 24.6 Å². The highest BCUT2D eigenvalue weighted by Gasteiger charge is 2.33. The first-order chi connectivity index (χ1) is 9.99. The third kappa shape index (κ3) is 2.77. The average molecular weight is 371 g/mol. The number of halogens is 1. The van der Waals surface area contributed by atoms with Gasteiger partial charge in [0.25, 0.3) is 10.0 Å². The lowest BCUT2D eigenvalue weighted by atomic mass is 10.1. The first-order valence-corrected chi connectivity index (χ1v) is 8.87. The molecule has 0 atom stereocenters. The molecule has 2 heterocycles. The molecule has 0 saturated carbocycles. The smallest absolute Gasteiger partial charge is 0.285 e. The van der Waals surface area contributed by atoms with Crippen molar-refractivity contribution in [2.24, 2.45) is 4.40 Å². The molecule has 0 amide bonds. The van der Waals surface area contributed by atoms with Crippen LogP contribution < -0.4 is 0 Å². The van der Waals surface area contributed by atoms with E-state index in [4.69, 9.17) is 4.74 Å². The summed E-state index contributed by atoms with van der Waals surface area (Å²) in [5.74, 6) is 0.549. The van der Waals surface area contributed by atoms with Crippen LogP contribution in [0.1, 0.15) is 12.5 Å². The fourth-order valence-electron chi connectivity index (χ4n) is 2.59. The fraction of sp³-hybridized carbons (Fsp3) is 0.357. The second-order valence-electron chi connectivity index (χ2n) is 4.95. The van der Waals surface area contributed by atoms with Crippen molar-refractivity contribution in [2.75, 3.05) is 26.3 Å². The van der Waals surface area contributed by atoms with Gasteiger partial charge in [-0.1, -0.05) is 28.1 Å². The molecule has 2 aliphatic heterocycles. The standard InChI is InChI=1S/C14H15BrN2O3S/c1-10-13(11-3-2-4-12(15)9-11)21(18,19)16-14(10)17-5-7-20-8-6-17/h2-4,9H,5-8H2,1H3. The molecule has 0 aliphatic carbocycles. The molecule has 1 fully saturated rings. The minimum atomic E-state index is -3.64. The van der Waals surface area contributed by atoms with Gasteiger partial charge in [0.05, 0.1) is 13.2 Å². The summed E-state index contributed by atoms with van der Waals surface area (Å²) >= 11 is 3.38. The maximum absolute atomic E-state index is 12.4. The SMILES string of the molecule is CC1=C(c2cccc(Br)c2)S(=O)(=O)N=C1N1CCOCC1. The van der Waals surface area contributed by atoms with E-state index in [2.05, 4.69) is 20.3 Å². The Morgan fingerprint density at radius 1 is 1.29 bits per heavy atom. The van der Waals surface area contributed by atoms with Gasteiger partial charge in [0.15, 0.2) is 0 Å². The first kappa shape index (κ1) is 14.7. The van der Waals surface area contributed by atoms with E-state index in [-0.39, 0.29) is 0 Å². The molecule has 112 valence electrons. The van der Waals surface area contributed by atoms with Gasteiger partial charge in [-0.25, -0.2) is 0 Å².